The number of carboxylic acids is 2. The number of H-pyrrole nitrogens is 1. The fourth-order valence-electron chi connectivity index (χ4n) is 4.21. The lowest BCUT2D eigenvalue weighted by molar-refractivity contribution is -0.143. The van der Waals surface area contributed by atoms with Gasteiger partial charge in [0.05, 0.1) is 6.04 Å². The molecular weight excluding hydrogens is 536 g/mol. The minimum atomic E-state index is -1.40. The Bertz CT molecular complexity index is 1260. The third-order valence-electron chi connectivity index (χ3n) is 6.37. The fourth-order valence-corrected chi connectivity index (χ4v) is 4.21. The molecule has 0 aliphatic heterocycles. The van der Waals surface area contributed by atoms with E-state index in [-0.39, 0.29) is 38.0 Å². The van der Waals surface area contributed by atoms with E-state index in [9.17, 15) is 39.0 Å². The maximum Gasteiger partial charge on any atom is 0.326 e. The molecule has 224 valence electrons. The van der Waals surface area contributed by atoms with Crippen molar-refractivity contribution in [2.45, 2.75) is 76.5 Å². The Morgan fingerprint density at radius 3 is 2.07 bits per heavy atom. The molecule has 0 bridgehead atoms. The Kier molecular flexibility index (Phi) is 12.3. The third-order valence-corrected chi connectivity index (χ3v) is 6.37. The van der Waals surface area contributed by atoms with E-state index in [0.29, 0.717) is 5.56 Å². The van der Waals surface area contributed by atoms with Crippen LogP contribution in [0.2, 0.25) is 0 Å². The van der Waals surface area contributed by atoms with Gasteiger partial charge in [-0.3, -0.25) is 24.0 Å². The van der Waals surface area contributed by atoms with E-state index in [2.05, 4.69) is 20.9 Å². The molecule has 0 fully saturated rings. The Morgan fingerprint density at radius 2 is 1.46 bits per heavy atom. The van der Waals surface area contributed by atoms with Crippen LogP contribution in [-0.2, 0) is 35.2 Å². The monoisotopic (exact) mass is 574 g/mol. The molecule has 10 N–H and O–H groups in total. The van der Waals surface area contributed by atoms with Crippen molar-refractivity contribution in [1.82, 2.24) is 20.9 Å². The zero-order chi connectivity index (χ0) is 30.7. The normalized spacial score (nSPS) is 14.0. The quantitative estimate of drug-likeness (QED) is 0.124. The SMILES string of the molecule is CC(C)CC(NC(=O)C(N)CCC(N)=O)C(=O)NC(CCC(=O)O)C(=O)NC(Cc1c[nH]c2ccccc12)C(=O)O. The Morgan fingerprint density at radius 1 is 0.854 bits per heavy atom. The second-order valence-electron chi connectivity index (χ2n) is 10.3. The van der Waals surface area contributed by atoms with Crippen LogP contribution in [0.5, 0.6) is 0 Å². The smallest absolute Gasteiger partial charge is 0.326 e. The summed E-state index contributed by atoms with van der Waals surface area (Å²) in [6.45, 7) is 3.60. The van der Waals surface area contributed by atoms with Crippen molar-refractivity contribution in [2.75, 3.05) is 0 Å². The minimum absolute atomic E-state index is 0.0339. The molecule has 14 heteroatoms. The van der Waals surface area contributed by atoms with E-state index in [0.717, 1.165) is 10.9 Å². The van der Waals surface area contributed by atoms with Gasteiger partial charge in [0.2, 0.25) is 23.6 Å². The summed E-state index contributed by atoms with van der Waals surface area (Å²) in [5, 5.41) is 27.1. The molecule has 4 atom stereocenters. The van der Waals surface area contributed by atoms with Gasteiger partial charge in [-0.2, -0.15) is 0 Å². The van der Waals surface area contributed by atoms with Gasteiger partial charge in [0.15, 0.2) is 0 Å². The zero-order valence-electron chi connectivity index (χ0n) is 23.0. The first-order chi connectivity index (χ1) is 19.3. The molecule has 4 amide bonds. The maximum absolute atomic E-state index is 13.2. The number of aromatic nitrogens is 1. The summed E-state index contributed by atoms with van der Waals surface area (Å²) in [6, 6.07) is 2.21. The van der Waals surface area contributed by atoms with Crippen LogP contribution in [0, 0.1) is 5.92 Å². The van der Waals surface area contributed by atoms with Gasteiger partial charge < -0.3 is 42.6 Å². The van der Waals surface area contributed by atoms with Crippen molar-refractivity contribution in [3.8, 4) is 0 Å². The lowest BCUT2D eigenvalue weighted by atomic mass is 10.0. The predicted molar refractivity (Wildman–Crippen MR) is 148 cm³/mol. The number of aromatic amines is 1. The minimum Gasteiger partial charge on any atom is -0.481 e. The number of nitrogens with one attached hydrogen (secondary N) is 4. The average molecular weight is 575 g/mol. The van der Waals surface area contributed by atoms with Crippen LogP contribution in [-0.4, -0.2) is 74.9 Å². The number of carboxylic acid groups (broad SMARTS) is 2. The standard InChI is InChI=1S/C27H38N6O8/c1-14(2)11-20(32-24(37)17(28)7-9-22(29)34)26(39)31-19(8-10-23(35)36)25(38)33-21(27(40)41)12-15-13-30-18-6-4-3-5-16(15)18/h3-6,13-14,17,19-21,30H,7-12,28H2,1-2H3,(H2,29,34)(H,31,39)(H,32,37)(H,33,38)(H,35,36)(H,40,41). The summed E-state index contributed by atoms with van der Waals surface area (Å²) in [7, 11) is 0. The number of hydrogen-bond donors (Lipinski definition) is 8. The molecule has 14 nitrogen and oxygen atoms in total. The Balaban J connectivity index is 2.19. The average Bonchev–Trinajstić information content (AvgIpc) is 3.30. The molecule has 1 aromatic carbocycles. The highest BCUT2D eigenvalue weighted by Gasteiger charge is 2.31. The molecule has 0 saturated carbocycles. The molecule has 4 unspecified atom stereocenters. The number of carbonyl (C=O) groups excluding carboxylic acids is 4. The second kappa shape index (κ2) is 15.4. The summed E-state index contributed by atoms with van der Waals surface area (Å²) in [5.41, 5.74) is 12.3. The maximum atomic E-state index is 13.2. The first-order valence-electron chi connectivity index (χ1n) is 13.2. The van der Waals surface area contributed by atoms with Gasteiger partial charge >= 0.3 is 11.9 Å². The summed E-state index contributed by atoms with van der Waals surface area (Å²) < 4.78 is 0. The van der Waals surface area contributed by atoms with Crippen molar-refractivity contribution in [2.24, 2.45) is 17.4 Å². The second-order valence-corrected chi connectivity index (χ2v) is 10.3. The number of fused-ring (bicyclic) bond motifs is 1. The molecule has 2 rings (SSSR count). The number of nitrogens with two attached hydrogens (primary N) is 2. The number of benzene rings is 1. The fraction of sp³-hybridized carbons (Fsp3) is 0.481. The molecule has 41 heavy (non-hydrogen) atoms. The van der Waals surface area contributed by atoms with E-state index in [1.54, 1.807) is 32.2 Å². The molecule has 1 heterocycles. The lowest BCUT2D eigenvalue weighted by Crippen LogP contribution is -2.57. The van der Waals surface area contributed by atoms with Gasteiger partial charge in [-0.05, 0) is 36.8 Å². The molecule has 0 radical (unpaired) electrons. The zero-order valence-corrected chi connectivity index (χ0v) is 23.0. The van der Waals surface area contributed by atoms with Gasteiger partial charge in [0, 0.05) is 36.4 Å². The lowest BCUT2D eigenvalue weighted by Gasteiger charge is -2.26. The molecule has 2 aromatic rings. The van der Waals surface area contributed by atoms with E-state index in [1.807, 2.05) is 12.1 Å². The number of aliphatic carboxylic acids is 2. The highest BCUT2D eigenvalue weighted by Crippen LogP contribution is 2.19. The molecule has 0 spiro atoms. The number of primary amides is 1. The number of amides is 4. The van der Waals surface area contributed by atoms with Crippen LogP contribution in [0.25, 0.3) is 10.9 Å². The molecule has 0 saturated heterocycles. The predicted octanol–water partition coefficient (Wildman–Crippen LogP) is -0.247. The van der Waals surface area contributed by atoms with Gasteiger partial charge in [0.25, 0.3) is 0 Å². The first kappa shape index (κ1) is 32.8. The Hall–Kier alpha value is -4.46. The topological polar surface area (TPSA) is 247 Å². The van der Waals surface area contributed by atoms with Crippen molar-refractivity contribution in [3.05, 3.63) is 36.0 Å². The highest BCUT2D eigenvalue weighted by molar-refractivity contribution is 5.94. The van der Waals surface area contributed by atoms with E-state index < -0.39 is 66.2 Å². The van der Waals surface area contributed by atoms with Gasteiger partial charge in [0.1, 0.15) is 18.1 Å². The molecule has 0 aliphatic carbocycles. The summed E-state index contributed by atoms with van der Waals surface area (Å²) in [6.07, 6.45) is 0.754. The van der Waals surface area contributed by atoms with Crippen molar-refractivity contribution in [3.63, 3.8) is 0 Å². The molecule has 0 aliphatic rings. The van der Waals surface area contributed by atoms with Crippen LogP contribution >= 0.6 is 0 Å². The van der Waals surface area contributed by atoms with Crippen LogP contribution < -0.4 is 27.4 Å². The molecule has 1 aromatic heterocycles. The summed E-state index contributed by atoms with van der Waals surface area (Å²) in [4.78, 5) is 76.3. The Labute approximate surface area is 236 Å². The van der Waals surface area contributed by atoms with Crippen LogP contribution in [0.1, 0.15) is 51.5 Å². The van der Waals surface area contributed by atoms with Crippen molar-refractivity contribution < 1.29 is 39.0 Å². The van der Waals surface area contributed by atoms with Gasteiger partial charge in [-0.25, -0.2) is 4.79 Å². The van der Waals surface area contributed by atoms with E-state index in [1.165, 1.54) is 0 Å². The van der Waals surface area contributed by atoms with E-state index >= 15 is 0 Å². The summed E-state index contributed by atoms with van der Waals surface area (Å²) >= 11 is 0. The number of para-hydroxylation sites is 1. The number of hydrogen-bond acceptors (Lipinski definition) is 7. The van der Waals surface area contributed by atoms with E-state index in [4.69, 9.17) is 11.5 Å². The molecular formula is C27H38N6O8. The number of carbonyl (C=O) groups is 6. The van der Waals surface area contributed by atoms with Crippen LogP contribution in [0.3, 0.4) is 0 Å². The first-order valence-corrected chi connectivity index (χ1v) is 13.2. The van der Waals surface area contributed by atoms with Gasteiger partial charge in [-0.1, -0.05) is 32.0 Å². The van der Waals surface area contributed by atoms with Crippen LogP contribution in [0.4, 0.5) is 0 Å². The highest BCUT2D eigenvalue weighted by atomic mass is 16.4. The van der Waals surface area contributed by atoms with Gasteiger partial charge in [-0.15, -0.1) is 0 Å². The third kappa shape index (κ3) is 10.6. The number of rotatable bonds is 17. The largest absolute Gasteiger partial charge is 0.481 e. The van der Waals surface area contributed by atoms with Crippen LogP contribution in [0.15, 0.2) is 30.5 Å². The van der Waals surface area contributed by atoms with Crippen molar-refractivity contribution >= 4 is 46.5 Å². The summed E-state index contributed by atoms with van der Waals surface area (Å²) in [5.74, 6) is -5.63. The van der Waals surface area contributed by atoms with Crippen molar-refractivity contribution in [1.29, 1.82) is 0 Å².